The van der Waals surface area contributed by atoms with Crippen LogP contribution in [0.2, 0.25) is 0 Å². The van der Waals surface area contributed by atoms with Crippen molar-refractivity contribution in [2.24, 2.45) is 46.3 Å². The Bertz CT molecular complexity index is 1580. The summed E-state index contributed by atoms with van der Waals surface area (Å²) < 4.78 is 26.0. The van der Waals surface area contributed by atoms with E-state index in [-0.39, 0.29) is 34.3 Å². The van der Waals surface area contributed by atoms with E-state index in [1.807, 2.05) is 0 Å². The van der Waals surface area contributed by atoms with Crippen LogP contribution in [0.3, 0.4) is 0 Å². The van der Waals surface area contributed by atoms with Crippen LogP contribution in [0.15, 0.2) is 35.9 Å². The summed E-state index contributed by atoms with van der Waals surface area (Å²) in [6, 6.07) is 4.12. The van der Waals surface area contributed by atoms with Gasteiger partial charge in [0.25, 0.3) is 11.6 Å². The third-order valence-electron chi connectivity index (χ3n) is 15.1. The van der Waals surface area contributed by atoms with E-state index < -0.39 is 53.9 Å². The Balaban J connectivity index is 0.967. The molecule has 8 rings (SSSR count). The molecule has 12 heteroatoms. The summed E-state index contributed by atoms with van der Waals surface area (Å²) in [7, 11) is 0. The highest BCUT2D eigenvalue weighted by Crippen LogP contribution is 2.70. The summed E-state index contributed by atoms with van der Waals surface area (Å²) in [6.07, 6.45) is 6.33. The van der Waals surface area contributed by atoms with Crippen molar-refractivity contribution in [3.8, 4) is 0 Å². The second-order valence-electron chi connectivity index (χ2n) is 17.8. The fourth-order valence-corrected chi connectivity index (χ4v) is 12.3. The van der Waals surface area contributed by atoms with Gasteiger partial charge in [-0.3, -0.25) is 14.9 Å². The van der Waals surface area contributed by atoms with Gasteiger partial charge in [0.15, 0.2) is 12.1 Å². The van der Waals surface area contributed by atoms with Crippen molar-refractivity contribution in [2.45, 2.75) is 134 Å². The van der Waals surface area contributed by atoms with Crippen molar-refractivity contribution in [2.75, 3.05) is 13.2 Å². The van der Waals surface area contributed by atoms with Crippen molar-refractivity contribution in [3.63, 3.8) is 0 Å². The molecule has 3 saturated heterocycles. The smallest absolute Gasteiger partial charge is 0.270 e. The van der Waals surface area contributed by atoms with E-state index in [0.717, 1.165) is 44.8 Å². The molecule has 52 heavy (non-hydrogen) atoms. The number of nitrogens with one attached hydrogen (secondary N) is 1. The van der Waals surface area contributed by atoms with Crippen LogP contribution in [0.5, 0.6) is 0 Å². The fourth-order valence-electron chi connectivity index (χ4n) is 12.3. The number of aliphatic hydroxyl groups excluding tert-OH is 3. The van der Waals surface area contributed by atoms with Gasteiger partial charge >= 0.3 is 0 Å². The van der Waals surface area contributed by atoms with Crippen LogP contribution in [-0.4, -0.2) is 88.0 Å². The monoisotopic (exact) mass is 724 g/mol. The summed E-state index contributed by atoms with van der Waals surface area (Å²) in [5.41, 5.74) is 1.46. The minimum Gasteiger partial charge on any atom is -0.394 e. The van der Waals surface area contributed by atoms with E-state index in [2.05, 4.69) is 39.1 Å². The topological polar surface area (TPSA) is 170 Å². The Labute approximate surface area is 305 Å². The maximum Gasteiger partial charge on any atom is 0.270 e. The molecule has 0 unspecified atom stereocenters. The van der Waals surface area contributed by atoms with Crippen LogP contribution in [0.4, 0.5) is 5.69 Å². The number of carbonyl (C=O) groups is 1. The number of benzene rings is 1. The second-order valence-corrected chi connectivity index (χ2v) is 17.8. The molecular weight excluding hydrogens is 668 g/mol. The molecule has 3 heterocycles. The number of allylic oxidation sites excluding steroid dienone is 1. The van der Waals surface area contributed by atoms with Gasteiger partial charge in [-0.05, 0) is 97.9 Å². The summed E-state index contributed by atoms with van der Waals surface area (Å²) in [4.78, 5) is 24.0. The maximum absolute atomic E-state index is 13.3. The number of nitro benzene ring substituents is 1. The Morgan fingerprint density at radius 2 is 1.90 bits per heavy atom. The van der Waals surface area contributed by atoms with Crippen LogP contribution < -0.4 is 5.32 Å². The summed E-state index contributed by atoms with van der Waals surface area (Å²) >= 11 is 0. The molecule has 0 aromatic heterocycles. The first kappa shape index (κ1) is 36.5. The molecule has 16 atom stereocenters. The number of hydrogen-bond acceptors (Lipinski definition) is 10. The molecule has 4 aliphatic carbocycles. The van der Waals surface area contributed by atoms with E-state index >= 15 is 0 Å². The van der Waals surface area contributed by atoms with Crippen LogP contribution in [0, 0.1) is 56.5 Å². The zero-order valence-electron chi connectivity index (χ0n) is 30.8. The molecule has 286 valence electrons. The highest BCUT2D eigenvalue weighted by molar-refractivity contribution is 5.95. The number of fused-ring (bicyclic) bond motifs is 7. The Kier molecular flexibility index (Phi) is 9.40. The number of carbonyl (C=O) groups excluding carboxylic acids is 1. The van der Waals surface area contributed by atoms with Gasteiger partial charge in [0.2, 0.25) is 0 Å². The first-order chi connectivity index (χ1) is 24.8. The normalized spacial score (nSPS) is 48.2. The fraction of sp³-hybridized carbons (Fsp3) is 0.775. The lowest BCUT2D eigenvalue weighted by molar-refractivity contribution is -0.384. The third kappa shape index (κ3) is 5.78. The molecule has 6 fully saturated rings. The van der Waals surface area contributed by atoms with E-state index in [1.165, 1.54) is 43.0 Å². The first-order valence-electron chi connectivity index (χ1n) is 19.6. The molecule has 1 spiro atoms. The van der Waals surface area contributed by atoms with Gasteiger partial charge in [-0.15, -0.1) is 0 Å². The average molecular weight is 725 g/mol. The van der Waals surface area contributed by atoms with Crippen LogP contribution in [0.25, 0.3) is 0 Å². The Hall–Kier alpha value is -2.45. The molecule has 1 aromatic carbocycles. The second kappa shape index (κ2) is 13.4. The van der Waals surface area contributed by atoms with Crippen molar-refractivity contribution >= 4 is 11.6 Å². The van der Waals surface area contributed by atoms with Crippen LogP contribution in [-0.2, 0) is 18.9 Å². The van der Waals surface area contributed by atoms with Gasteiger partial charge in [0.1, 0.15) is 24.4 Å². The molecule has 4 N–H and O–H groups in total. The first-order valence-corrected chi connectivity index (χ1v) is 19.6. The number of nitrogens with zero attached hydrogens (tertiary/aromatic N) is 1. The minimum atomic E-state index is -1.50. The summed E-state index contributed by atoms with van der Waals surface area (Å²) in [6.45, 7) is 9.90. The Morgan fingerprint density at radius 1 is 1.10 bits per heavy atom. The number of rotatable bonds is 6. The maximum atomic E-state index is 13.3. The van der Waals surface area contributed by atoms with Crippen LogP contribution >= 0.6 is 0 Å². The molecule has 3 saturated carbocycles. The molecule has 1 amide bonds. The molecule has 3 aliphatic heterocycles. The highest BCUT2D eigenvalue weighted by atomic mass is 16.7. The SMILES string of the molecule is C[C@@H]1CC[C@@]2(OC1)O[C@H]1C[C@H]3[C@@H]4CC=C5C[C@@H](O[C@@H]6O[C@H](CO)[C@@H](O)[C@H](O)[C@H]6NC(=O)c6cccc([N+](=O)[O-])c6)CC[C@]5(C)[C@H]4CC[C@]3(C)[C@H]1[C@@H]2C. The van der Waals surface area contributed by atoms with E-state index in [9.17, 15) is 30.2 Å². The number of ether oxygens (including phenoxy) is 4. The number of nitro groups is 1. The zero-order valence-corrected chi connectivity index (χ0v) is 30.8. The molecule has 0 radical (unpaired) electrons. The van der Waals surface area contributed by atoms with Gasteiger partial charge in [-0.25, -0.2) is 0 Å². The number of non-ortho nitro benzene ring substituents is 1. The summed E-state index contributed by atoms with van der Waals surface area (Å²) in [5, 5.41) is 45.7. The number of aliphatic hydroxyl groups is 3. The molecule has 1 aromatic rings. The van der Waals surface area contributed by atoms with Crippen molar-refractivity contribution < 1.29 is 44.0 Å². The van der Waals surface area contributed by atoms with E-state index in [1.54, 1.807) is 0 Å². The van der Waals surface area contributed by atoms with E-state index in [4.69, 9.17) is 18.9 Å². The third-order valence-corrected chi connectivity index (χ3v) is 15.1. The lowest BCUT2D eigenvalue weighted by atomic mass is 9.47. The molecule has 12 nitrogen and oxygen atoms in total. The predicted molar refractivity (Wildman–Crippen MR) is 189 cm³/mol. The average Bonchev–Trinajstić information content (AvgIpc) is 3.58. The quantitative estimate of drug-likeness (QED) is 0.180. The van der Waals surface area contributed by atoms with Gasteiger partial charge in [0.05, 0.1) is 30.3 Å². The lowest BCUT2D eigenvalue weighted by Gasteiger charge is -2.58. The van der Waals surface area contributed by atoms with Crippen molar-refractivity contribution in [1.29, 1.82) is 0 Å². The van der Waals surface area contributed by atoms with Crippen molar-refractivity contribution in [1.82, 2.24) is 5.32 Å². The van der Waals surface area contributed by atoms with Gasteiger partial charge in [-0.2, -0.15) is 0 Å². The lowest BCUT2D eigenvalue weighted by Crippen LogP contribution is -2.65. The summed E-state index contributed by atoms with van der Waals surface area (Å²) in [5.74, 6) is 2.21. The highest BCUT2D eigenvalue weighted by Gasteiger charge is 2.68. The largest absolute Gasteiger partial charge is 0.394 e. The zero-order chi connectivity index (χ0) is 36.7. The predicted octanol–water partition coefficient (Wildman–Crippen LogP) is 4.88. The minimum absolute atomic E-state index is 0.0289. The van der Waals surface area contributed by atoms with Gasteiger partial charge in [-0.1, -0.05) is 45.4 Å². The molecule has 7 aliphatic rings. The molecule has 0 bridgehead atoms. The number of hydrogen-bond donors (Lipinski definition) is 4. The number of amides is 1. The van der Waals surface area contributed by atoms with Gasteiger partial charge in [0, 0.05) is 30.0 Å². The van der Waals surface area contributed by atoms with E-state index in [0.29, 0.717) is 41.9 Å². The molecular formula is C40H56N2O10. The van der Waals surface area contributed by atoms with Gasteiger partial charge < -0.3 is 39.6 Å². The van der Waals surface area contributed by atoms with Crippen LogP contribution in [0.1, 0.15) is 95.8 Å². The Morgan fingerprint density at radius 3 is 2.63 bits per heavy atom. The standard InChI is InChI=1S/C40H56N2O10/c1-21-10-15-40(49-20-21)22(2)32-30(52-40)18-29-27-9-8-24-17-26(11-13-38(24,3)28(27)12-14-39(29,32)4)50-37-33(35(45)34(44)31(19-43)51-37)41-36(46)23-6-5-7-25(16-23)42(47)48/h5-8,16,21-22,26-35,37,43-45H,9-15,17-20H2,1-4H3,(H,41,46)/t21-,22+,26+,27-,28+,29+,30+,31-,32+,33-,34-,35-,37-,38+,39+,40-/m1/s1. The van der Waals surface area contributed by atoms with Crippen molar-refractivity contribution in [3.05, 3.63) is 51.6 Å².